The molecule has 0 saturated carbocycles. The van der Waals surface area contributed by atoms with Gasteiger partial charge in [0.2, 0.25) is 0 Å². The maximum Gasteiger partial charge on any atom is 0.159 e. The minimum atomic E-state index is -0.232. The van der Waals surface area contributed by atoms with E-state index in [-0.39, 0.29) is 12.0 Å². The number of nitrogens with zero attached hydrogens (tertiary/aromatic N) is 4. The Morgan fingerprint density at radius 2 is 2.13 bits per heavy atom. The Morgan fingerprint density at radius 3 is 2.90 bits per heavy atom. The molecule has 0 amide bonds. The highest BCUT2D eigenvalue weighted by Gasteiger charge is 2.37. The maximum atomic E-state index is 6.32. The van der Waals surface area contributed by atoms with Crippen molar-refractivity contribution in [3.05, 3.63) is 62.4 Å². The first kappa shape index (κ1) is 19.3. The number of aryl methyl sites for hydroxylation is 1. The highest BCUT2D eigenvalue weighted by atomic mass is 79.9. The molecule has 3 aromatic heterocycles. The van der Waals surface area contributed by atoms with Gasteiger partial charge in [0, 0.05) is 29.0 Å². The number of rotatable bonds is 5. The van der Waals surface area contributed by atoms with Gasteiger partial charge in [0.15, 0.2) is 9.56 Å². The van der Waals surface area contributed by atoms with Gasteiger partial charge in [0.25, 0.3) is 0 Å². The molecule has 4 aromatic rings. The summed E-state index contributed by atoms with van der Waals surface area (Å²) in [5.74, 6) is 2.22. The SMILES string of the molecule is COc1cc(OCc2csc(Br)n2)c2c(c1)OC(c1cn3nc(C)ccc3n1)C2C. The Labute approximate surface area is 185 Å². The van der Waals surface area contributed by atoms with E-state index in [9.17, 15) is 0 Å². The topological polar surface area (TPSA) is 70.8 Å². The number of benzene rings is 1. The molecule has 0 radical (unpaired) electrons. The van der Waals surface area contributed by atoms with Gasteiger partial charge in [-0.3, -0.25) is 0 Å². The summed E-state index contributed by atoms with van der Waals surface area (Å²) in [6, 6.07) is 7.71. The van der Waals surface area contributed by atoms with Crippen molar-refractivity contribution in [2.75, 3.05) is 7.11 Å². The van der Waals surface area contributed by atoms with E-state index in [0.29, 0.717) is 12.4 Å². The molecule has 30 heavy (non-hydrogen) atoms. The zero-order chi connectivity index (χ0) is 20.8. The van der Waals surface area contributed by atoms with E-state index in [1.54, 1.807) is 11.6 Å². The van der Waals surface area contributed by atoms with Crippen LogP contribution in [-0.4, -0.2) is 26.7 Å². The third-order valence-corrected chi connectivity index (χ3v) is 6.55. The zero-order valence-corrected chi connectivity index (χ0v) is 19.0. The molecule has 0 fully saturated rings. The summed E-state index contributed by atoms with van der Waals surface area (Å²) < 4.78 is 20.6. The summed E-state index contributed by atoms with van der Waals surface area (Å²) in [4.78, 5) is 9.13. The first-order valence-corrected chi connectivity index (χ1v) is 11.1. The van der Waals surface area contributed by atoms with Crippen LogP contribution in [0.4, 0.5) is 0 Å². The normalized spacial score (nSPS) is 17.7. The number of fused-ring (bicyclic) bond motifs is 2. The van der Waals surface area contributed by atoms with E-state index in [2.05, 4.69) is 32.9 Å². The molecule has 2 atom stereocenters. The van der Waals surface area contributed by atoms with E-state index in [1.165, 1.54) is 11.3 Å². The van der Waals surface area contributed by atoms with Gasteiger partial charge in [-0.05, 0) is 35.0 Å². The summed E-state index contributed by atoms with van der Waals surface area (Å²) in [5, 5.41) is 6.47. The van der Waals surface area contributed by atoms with Crippen LogP contribution in [0.2, 0.25) is 0 Å². The van der Waals surface area contributed by atoms with Crippen LogP contribution < -0.4 is 14.2 Å². The second-order valence-electron chi connectivity index (χ2n) is 7.19. The largest absolute Gasteiger partial charge is 0.496 e. The fraction of sp³-hybridized carbons (Fsp3) is 0.286. The smallest absolute Gasteiger partial charge is 0.159 e. The molecule has 5 rings (SSSR count). The lowest BCUT2D eigenvalue weighted by Gasteiger charge is -2.14. The van der Waals surface area contributed by atoms with Crippen molar-refractivity contribution in [1.82, 2.24) is 19.6 Å². The molecular weight excluding hydrogens is 468 g/mol. The van der Waals surface area contributed by atoms with Gasteiger partial charge in [-0.2, -0.15) is 5.10 Å². The minimum absolute atomic E-state index is 0.0501. The van der Waals surface area contributed by atoms with Crippen molar-refractivity contribution in [2.24, 2.45) is 0 Å². The molecule has 0 N–H and O–H groups in total. The summed E-state index contributed by atoms with van der Waals surface area (Å²) in [6.45, 7) is 4.45. The molecule has 0 spiro atoms. The average Bonchev–Trinajstić information content (AvgIpc) is 3.42. The number of methoxy groups -OCH3 is 1. The molecule has 4 heterocycles. The van der Waals surface area contributed by atoms with Crippen molar-refractivity contribution < 1.29 is 14.2 Å². The quantitative estimate of drug-likeness (QED) is 0.391. The fourth-order valence-electron chi connectivity index (χ4n) is 3.70. The molecule has 154 valence electrons. The number of thiazole rings is 1. The first-order chi connectivity index (χ1) is 14.5. The number of imidazole rings is 1. The van der Waals surface area contributed by atoms with Crippen molar-refractivity contribution in [2.45, 2.75) is 32.5 Å². The van der Waals surface area contributed by atoms with Crippen LogP contribution in [0.25, 0.3) is 5.65 Å². The summed E-state index contributed by atoms with van der Waals surface area (Å²) >= 11 is 4.92. The lowest BCUT2D eigenvalue weighted by atomic mass is 9.95. The Balaban J connectivity index is 1.48. The molecule has 1 aromatic carbocycles. The average molecular weight is 487 g/mol. The predicted molar refractivity (Wildman–Crippen MR) is 117 cm³/mol. The second-order valence-corrected chi connectivity index (χ2v) is 9.32. The summed E-state index contributed by atoms with van der Waals surface area (Å²) in [6.07, 6.45) is 1.70. The number of ether oxygens (including phenoxy) is 3. The Hall–Kier alpha value is -2.65. The van der Waals surface area contributed by atoms with Gasteiger partial charge in [0.1, 0.15) is 35.7 Å². The third kappa shape index (κ3) is 3.41. The minimum Gasteiger partial charge on any atom is -0.496 e. The number of halogens is 1. The van der Waals surface area contributed by atoms with Crippen LogP contribution >= 0.6 is 27.3 Å². The van der Waals surface area contributed by atoms with Crippen LogP contribution in [0.15, 0.2) is 39.8 Å². The van der Waals surface area contributed by atoms with Crippen LogP contribution in [-0.2, 0) is 6.61 Å². The molecule has 7 nitrogen and oxygen atoms in total. The first-order valence-electron chi connectivity index (χ1n) is 9.46. The van der Waals surface area contributed by atoms with E-state index >= 15 is 0 Å². The van der Waals surface area contributed by atoms with Crippen LogP contribution in [0.3, 0.4) is 0 Å². The van der Waals surface area contributed by atoms with Crippen molar-refractivity contribution in [3.8, 4) is 17.2 Å². The molecule has 1 aliphatic rings. The predicted octanol–water partition coefficient (Wildman–Crippen LogP) is 5.08. The Morgan fingerprint density at radius 1 is 1.27 bits per heavy atom. The van der Waals surface area contributed by atoms with Gasteiger partial charge in [-0.25, -0.2) is 14.5 Å². The fourth-order valence-corrected chi connectivity index (χ4v) is 4.73. The lowest BCUT2D eigenvalue weighted by Crippen LogP contribution is -2.08. The highest BCUT2D eigenvalue weighted by molar-refractivity contribution is 9.11. The van der Waals surface area contributed by atoms with Gasteiger partial charge < -0.3 is 14.2 Å². The molecule has 9 heteroatoms. The lowest BCUT2D eigenvalue weighted by molar-refractivity contribution is 0.210. The van der Waals surface area contributed by atoms with Gasteiger partial charge in [-0.1, -0.05) is 6.92 Å². The molecule has 1 aliphatic heterocycles. The maximum absolute atomic E-state index is 6.32. The summed E-state index contributed by atoms with van der Waals surface area (Å²) in [5.41, 5.74) is 4.45. The van der Waals surface area contributed by atoms with Gasteiger partial charge in [-0.15, -0.1) is 11.3 Å². The molecule has 0 bridgehead atoms. The number of aromatic nitrogens is 4. The molecule has 0 saturated heterocycles. The number of hydrogen-bond donors (Lipinski definition) is 0. The Kier molecular flexibility index (Phi) is 4.86. The van der Waals surface area contributed by atoms with E-state index < -0.39 is 0 Å². The van der Waals surface area contributed by atoms with Gasteiger partial charge >= 0.3 is 0 Å². The summed E-state index contributed by atoms with van der Waals surface area (Å²) in [7, 11) is 1.63. The van der Waals surface area contributed by atoms with Crippen molar-refractivity contribution in [1.29, 1.82) is 0 Å². The van der Waals surface area contributed by atoms with Crippen LogP contribution in [0, 0.1) is 6.92 Å². The highest BCUT2D eigenvalue weighted by Crippen LogP contribution is 2.51. The van der Waals surface area contributed by atoms with E-state index in [4.69, 9.17) is 19.2 Å². The van der Waals surface area contributed by atoms with Gasteiger partial charge in [0.05, 0.1) is 24.7 Å². The van der Waals surface area contributed by atoms with E-state index in [1.807, 2.05) is 42.8 Å². The standard InChI is InChI=1S/C21H19BrN4O3S/c1-11-4-5-18-24-15(8-26(18)25-11)20-12(2)19-16(6-14(27-3)7-17(19)29-20)28-9-13-10-30-21(22)23-13/h4-8,10,12,20H,9H2,1-3H3. The van der Waals surface area contributed by atoms with Crippen molar-refractivity contribution >= 4 is 32.9 Å². The molecule has 2 unspecified atom stereocenters. The third-order valence-electron chi connectivity index (χ3n) is 5.14. The Bertz CT molecular complexity index is 1240. The second kappa shape index (κ2) is 7.55. The van der Waals surface area contributed by atoms with Crippen molar-refractivity contribution in [3.63, 3.8) is 0 Å². The van der Waals surface area contributed by atoms with Crippen LogP contribution in [0.1, 0.15) is 41.6 Å². The zero-order valence-electron chi connectivity index (χ0n) is 16.6. The van der Waals surface area contributed by atoms with Crippen LogP contribution in [0.5, 0.6) is 17.2 Å². The number of hydrogen-bond acceptors (Lipinski definition) is 7. The van der Waals surface area contributed by atoms with E-state index in [0.717, 1.165) is 43.7 Å². The molecular formula is C21H19BrN4O3S. The molecule has 0 aliphatic carbocycles. The monoisotopic (exact) mass is 486 g/mol.